The molecule has 2 aliphatic carbocycles. The van der Waals surface area contributed by atoms with Gasteiger partial charge in [-0.2, -0.15) is 5.10 Å². The smallest absolute Gasteiger partial charge is 0.214 e. The highest BCUT2D eigenvalue weighted by Gasteiger charge is 2.32. The summed E-state index contributed by atoms with van der Waals surface area (Å²) in [6.45, 7) is 5.32. The van der Waals surface area contributed by atoms with E-state index in [0.717, 1.165) is 45.6 Å². The van der Waals surface area contributed by atoms with Crippen molar-refractivity contribution in [2.24, 2.45) is 5.92 Å². The Kier molecular flexibility index (Phi) is 8.31. The van der Waals surface area contributed by atoms with E-state index in [1.165, 1.54) is 50.6 Å². The molecule has 8 nitrogen and oxygen atoms in total. The van der Waals surface area contributed by atoms with E-state index in [0.29, 0.717) is 48.3 Å². The molecule has 3 heterocycles. The number of hydrogen-bond acceptors (Lipinski definition) is 7. The van der Waals surface area contributed by atoms with E-state index >= 15 is 0 Å². The maximum absolute atomic E-state index is 11.8. The molecule has 190 valence electrons. The lowest BCUT2D eigenvalue weighted by molar-refractivity contribution is 0.0320. The number of hydrogen-bond donors (Lipinski definition) is 0. The molecule has 0 spiro atoms. The summed E-state index contributed by atoms with van der Waals surface area (Å²) in [6.07, 6.45) is 14.3. The zero-order valence-corrected chi connectivity index (χ0v) is 20.6. The number of aromatic nitrogens is 3. The third-order valence-electron chi connectivity index (χ3n) is 7.87. The molecule has 0 N–H and O–H groups in total. The summed E-state index contributed by atoms with van der Waals surface area (Å²) in [5.41, 5.74) is 1.85. The predicted octanol–water partition coefficient (Wildman–Crippen LogP) is 4.27. The van der Waals surface area contributed by atoms with Gasteiger partial charge in [0.1, 0.15) is 12.4 Å². The Hall–Kier alpha value is -2.45. The molecule has 0 amide bonds. The van der Waals surface area contributed by atoms with Crippen LogP contribution in [0, 0.1) is 5.92 Å². The molecule has 0 radical (unpaired) electrons. The summed E-state index contributed by atoms with van der Waals surface area (Å²) in [7, 11) is 0. The van der Waals surface area contributed by atoms with Gasteiger partial charge < -0.3 is 14.2 Å². The summed E-state index contributed by atoms with van der Waals surface area (Å²) in [5.74, 6) is 1.85. The van der Waals surface area contributed by atoms with Crippen LogP contribution >= 0.6 is 0 Å². The molecule has 0 aromatic carbocycles. The van der Waals surface area contributed by atoms with Crippen LogP contribution in [0.2, 0.25) is 0 Å². The lowest BCUT2D eigenvalue weighted by Gasteiger charge is -2.32. The number of rotatable bonds is 10. The molecule has 2 atom stereocenters. The van der Waals surface area contributed by atoms with Gasteiger partial charge in [-0.05, 0) is 31.7 Å². The van der Waals surface area contributed by atoms with Gasteiger partial charge in [-0.15, -0.1) is 0 Å². The third kappa shape index (κ3) is 6.04. The minimum absolute atomic E-state index is 0.407. The molecule has 2 unspecified atom stereocenters. The van der Waals surface area contributed by atoms with E-state index in [2.05, 4.69) is 20.6 Å². The fourth-order valence-corrected chi connectivity index (χ4v) is 5.90. The van der Waals surface area contributed by atoms with Gasteiger partial charge in [-0.1, -0.05) is 25.7 Å². The van der Waals surface area contributed by atoms with E-state index in [1.54, 1.807) is 12.3 Å². The molecule has 1 aliphatic heterocycles. The molecule has 8 heteroatoms. The van der Waals surface area contributed by atoms with Crippen molar-refractivity contribution >= 4 is 6.29 Å². The Labute approximate surface area is 207 Å². The van der Waals surface area contributed by atoms with Crippen molar-refractivity contribution < 1.29 is 19.0 Å². The van der Waals surface area contributed by atoms with Gasteiger partial charge in [-0.25, -0.2) is 4.98 Å². The van der Waals surface area contributed by atoms with Gasteiger partial charge in [0.05, 0.1) is 37.6 Å². The number of carbonyl (C=O) groups excluding carboxylic acids is 1. The number of morpholine rings is 1. The minimum atomic E-state index is 0.407. The van der Waals surface area contributed by atoms with Crippen molar-refractivity contribution in [3.05, 3.63) is 35.8 Å². The van der Waals surface area contributed by atoms with Crippen LogP contribution in [0.25, 0.3) is 0 Å². The largest absolute Gasteiger partial charge is 0.491 e. The van der Waals surface area contributed by atoms with Crippen LogP contribution in [-0.2, 0) is 4.74 Å². The Bertz CT molecular complexity index is 952. The zero-order valence-electron chi connectivity index (χ0n) is 20.6. The number of pyridine rings is 1. The van der Waals surface area contributed by atoms with E-state index in [-0.39, 0.29) is 0 Å². The summed E-state index contributed by atoms with van der Waals surface area (Å²) in [6, 6.07) is 4.45. The third-order valence-corrected chi connectivity index (χ3v) is 7.87. The first-order valence-corrected chi connectivity index (χ1v) is 13.4. The van der Waals surface area contributed by atoms with Crippen LogP contribution in [-0.4, -0.2) is 72.0 Å². The van der Waals surface area contributed by atoms with E-state index in [9.17, 15) is 4.79 Å². The molecule has 0 bridgehead atoms. The van der Waals surface area contributed by atoms with Crippen LogP contribution in [0.3, 0.4) is 0 Å². The number of ether oxygens (including phenoxy) is 3. The highest BCUT2D eigenvalue weighted by molar-refractivity contribution is 5.79. The topological polar surface area (TPSA) is 78.7 Å². The van der Waals surface area contributed by atoms with Crippen molar-refractivity contribution in [2.75, 3.05) is 46.1 Å². The average molecular weight is 483 g/mol. The van der Waals surface area contributed by atoms with Gasteiger partial charge in [0.2, 0.25) is 5.88 Å². The molecule has 2 aromatic heterocycles. The van der Waals surface area contributed by atoms with E-state index in [4.69, 9.17) is 19.3 Å². The average Bonchev–Trinajstić information content (AvgIpc) is 3.61. The highest BCUT2D eigenvalue weighted by atomic mass is 16.5. The molecule has 3 aliphatic rings. The normalized spacial score (nSPS) is 23.9. The van der Waals surface area contributed by atoms with Crippen molar-refractivity contribution in [3.63, 3.8) is 0 Å². The number of nitrogens with zero attached hydrogens (tertiary/aromatic N) is 4. The maximum atomic E-state index is 11.8. The monoisotopic (exact) mass is 482 g/mol. The zero-order chi connectivity index (χ0) is 23.9. The second-order valence-corrected chi connectivity index (χ2v) is 10.1. The Morgan fingerprint density at radius 3 is 2.69 bits per heavy atom. The molecular formula is C27H38N4O4. The second kappa shape index (κ2) is 12.0. The van der Waals surface area contributed by atoms with Gasteiger partial charge in [-0.3, -0.25) is 14.4 Å². The quantitative estimate of drug-likeness (QED) is 0.468. The molecule has 1 saturated heterocycles. The Morgan fingerprint density at radius 2 is 1.86 bits per heavy atom. The van der Waals surface area contributed by atoms with Gasteiger partial charge in [0.25, 0.3) is 0 Å². The van der Waals surface area contributed by atoms with Crippen molar-refractivity contribution in [3.8, 4) is 11.6 Å². The van der Waals surface area contributed by atoms with Crippen LogP contribution in [0.15, 0.2) is 24.5 Å². The van der Waals surface area contributed by atoms with Crippen molar-refractivity contribution in [2.45, 2.75) is 63.3 Å². The summed E-state index contributed by atoms with van der Waals surface area (Å²) in [5, 5.41) is 4.71. The SMILES string of the molecule is O=Cc1cc(OCCN2CCOCC2)ncc1OCC1CCCCC1c1ccnn1C1CCCC1. The number of carbonyl (C=O) groups is 1. The Balaban J connectivity index is 1.19. The lowest BCUT2D eigenvalue weighted by atomic mass is 9.77. The first-order chi connectivity index (χ1) is 17.3. The van der Waals surface area contributed by atoms with Gasteiger partial charge in [0.15, 0.2) is 6.29 Å². The maximum Gasteiger partial charge on any atom is 0.214 e. The van der Waals surface area contributed by atoms with Crippen LogP contribution in [0.5, 0.6) is 11.6 Å². The fourth-order valence-electron chi connectivity index (χ4n) is 5.90. The second-order valence-electron chi connectivity index (χ2n) is 10.1. The predicted molar refractivity (Wildman–Crippen MR) is 132 cm³/mol. The summed E-state index contributed by atoms with van der Waals surface area (Å²) in [4.78, 5) is 18.5. The van der Waals surface area contributed by atoms with Crippen LogP contribution in [0.4, 0.5) is 0 Å². The fraction of sp³-hybridized carbons (Fsp3) is 0.667. The highest BCUT2D eigenvalue weighted by Crippen LogP contribution is 2.40. The molecule has 3 fully saturated rings. The minimum Gasteiger partial charge on any atom is -0.491 e. The summed E-state index contributed by atoms with van der Waals surface area (Å²) >= 11 is 0. The van der Waals surface area contributed by atoms with Gasteiger partial charge in [0, 0.05) is 49.4 Å². The lowest BCUT2D eigenvalue weighted by Crippen LogP contribution is -2.38. The summed E-state index contributed by atoms with van der Waals surface area (Å²) < 4.78 is 19.7. The van der Waals surface area contributed by atoms with Crippen LogP contribution in [0.1, 0.15) is 79.4 Å². The Morgan fingerprint density at radius 1 is 1.06 bits per heavy atom. The molecule has 35 heavy (non-hydrogen) atoms. The van der Waals surface area contributed by atoms with E-state index < -0.39 is 0 Å². The molecule has 2 aromatic rings. The van der Waals surface area contributed by atoms with E-state index in [1.807, 2.05) is 6.20 Å². The molecule has 2 saturated carbocycles. The first kappa shape index (κ1) is 24.3. The van der Waals surface area contributed by atoms with Crippen molar-refractivity contribution in [1.29, 1.82) is 0 Å². The van der Waals surface area contributed by atoms with Crippen LogP contribution < -0.4 is 9.47 Å². The molecule has 5 rings (SSSR count). The molecular weight excluding hydrogens is 444 g/mol. The van der Waals surface area contributed by atoms with Crippen molar-refractivity contribution in [1.82, 2.24) is 19.7 Å². The standard InChI is InChI=1S/C27H38N4O4/c32-19-22-17-27(34-16-13-30-11-14-33-15-12-30)28-18-26(22)35-20-21-5-1-4-8-24(21)25-9-10-29-31(25)23-6-2-3-7-23/h9-10,17-19,21,23-24H,1-8,11-16,20H2. The number of aldehydes is 1. The van der Waals surface area contributed by atoms with Gasteiger partial charge >= 0.3 is 0 Å². The first-order valence-electron chi connectivity index (χ1n) is 13.4.